The number of benzene rings is 1. The molecule has 5 heteroatoms. The molecule has 0 radical (unpaired) electrons. The third-order valence-electron chi connectivity index (χ3n) is 4.24. The second-order valence-electron chi connectivity index (χ2n) is 5.58. The Labute approximate surface area is 141 Å². The number of nitrogen functional groups attached to an aromatic ring is 1. The van der Waals surface area contributed by atoms with Gasteiger partial charge in [0.15, 0.2) is 0 Å². The van der Waals surface area contributed by atoms with Crippen molar-refractivity contribution in [3.05, 3.63) is 18.2 Å². The van der Waals surface area contributed by atoms with Crippen molar-refractivity contribution in [1.82, 2.24) is 9.80 Å². The van der Waals surface area contributed by atoms with E-state index in [9.17, 15) is 0 Å². The van der Waals surface area contributed by atoms with E-state index in [1.54, 1.807) is 0 Å². The van der Waals surface area contributed by atoms with Gasteiger partial charge in [-0.15, -0.1) is 0 Å². The van der Waals surface area contributed by atoms with Crippen molar-refractivity contribution in [3.63, 3.8) is 0 Å². The molecule has 0 bridgehead atoms. The van der Waals surface area contributed by atoms with Crippen LogP contribution in [0.15, 0.2) is 18.2 Å². The molecule has 0 saturated carbocycles. The van der Waals surface area contributed by atoms with Crippen molar-refractivity contribution in [2.45, 2.75) is 54.0 Å². The van der Waals surface area contributed by atoms with Crippen molar-refractivity contribution in [1.29, 1.82) is 0 Å². The lowest BCUT2D eigenvalue weighted by molar-refractivity contribution is 0.0426. The van der Waals surface area contributed by atoms with E-state index in [4.69, 9.17) is 15.2 Å². The third kappa shape index (κ3) is 5.59. The molecule has 2 unspecified atom stereocenters. The fourth-order valence-corrected chi connectivity index (χ4v) is 2.70. The smallest absolute Gasteiger partial charge is 0.149 e. The Hall–Kier alpha value is -1.46. The highest BCUT2D eigenvalue weighted by Gasteiger charge is 2.15. The number of nitrogens with zero attached hydrogens (tertiary/aromatic N) is 2. The largest absolute Gasteiger partial charge is 0.475 e. The highest BCUT2D eigenvalue weighted by Crippen LogP contribution is 2.29. The fraction of sp³-hybridized carbons (Fsp3) is 0.667. The monoisotopic (exact) mass is 323 g/mol. The third-order valence-corrected chi connectivity index (χ3v) is 4.24. The van der Waals surface area contributed by atoms with Gasteiger partial charge in [-0.1, -0.05) is 27.7 Å². The van der Waals surface area contributed by atoms with Crippen LogP contribution in [0.1, 0.15) is 41.5 Å². The van der Waals surface area contributed by atoms with Gasteiger partial charge in [0.1, 0.15) is 24.0 Å². The standard InChI is InChI=1S/C18H33N3O2/c1-7-20(8-2)14(5)22-16-11-12-17(19)18(13-16)23-15(6)21(9-3)10-4/h11-15H,7-10,19H2,1-6H3. The number of hydrogen-bond acceptors (Lipinski definition) is 5. The quantitative estimate of drug-likeness (QED) is 0.528. The van der Waals surface area contributed by atoms with E-state index in [1.165, 1.54) is 0 Å². The fourth-order valence-electron chi connectivity index (χ4n) is 2.70. The van der Waals surface area contributed by atoms with Crippen LogP contribution in [0.5, 0.6) is 11.5 Å². The first-order valence-electron chi connectivity index (χ1n) is 8.67. The van der Waals surface area contributed by atoms with Crippen molar-refractivity contribution in [2.24, 2.45) is 0 Å². The minimum absolute atomic E-state index is 0.0154. The summed E-state index contributed by atoms with van der Waals surface area (Å²) in [4.78, 5) is 4.47. The average Bonchev–Trinajstić information content (AvgIpc) is 2.53. The molecule has 1 rings (SSSR count). The van der Waals surface area contributed by atoms with Gasteiger partial charge in [0.05, 0.1) is 5.69 Å². The molecule has 0 heterocycles. The molecule has 132 valence electrons. The Bertz CT molecular complexity index is 460. The van der Waals surface area contributed by atoms with Crippen molar-refractivity contribution < 1.29 is 9.47 Å². The molecule has 0 spiro atoms. The molecule has 0 amide bonds. The summed E-state index contributed by atoms with van der Waals surface area (Å²) in [6.07, 6.45) is -0.00978. The molecule has 5 nitrogen and oxygen atoms in total. The van der Waals surface area contributed by atoms with Crippen LogP contribution in [0.4, 0.5) is 5.69 Å². The lowest BCUT2D eigenvalue weighted by Gasteiger charge is -2.29. The molecule has 0 aliphatic rings. The van der Waals surface area contributed by atoms with E-state index in [-0.39, 0.29) is 12.5 Å². The van der Waals surface area contributed by atoms with Crippen LogP contribution in [0.3, 0.4) is 0 Å². The summed E-state index contributed by atoms with van der Waals surface area (Å²) in [5, 5.41) is 0. The first kappa shape index (κ1) is 19.6. The van der Waals surface area contributed by atoms with Gasteiger partial charge in [0, 0.05) is 6.07 Å². The Morgan fingerprint density at radius 3 is 1.83 bits per heavy atom. The van der Waals surface area contributed by atoms with Crippen LogP contribution in [0.2, 0.25) is 0 Å². The summed E-state index contributed by atoms with van der Waals surface area (Å²) in [6.45, 7) is 16.4. The number of hydrogen-bond donors (Lipinski definition) is 1. The predicted octanol–water partition coefficient (Wildman–Crippen LogP) is 3.40. The highest BCUT2D eigenvalue weighted by atomic mass is 16.5. The second kappa shape index (κ2) is 9.63. The van der Waals surface area contributed by atoms with E-state index in [0.717, 1.165) is 31.9 Å². The number of rotatable bonds is 10. The maximum Gasteiger partial charge on any atom is 0.149 e. The Morgan fingerprint density at radius 2 is 1.35 bits per heavy atom. The van der Waals surface area contributed by atoms with E-state index in [0.29, 0.717) is 11.4 Å². The zero-order chi connectivity index (χ0) is 17.4. The molecule has 0 aliphatic heterocycles. The van der Waals surface area contributed by atoms with Gasteiger partial charge < -0.3 is 15.2 Å². The van der Waals surface area contributed by atoms with Gasteiger partial charge in [-0.05, 0) is 52.2 Å². The normalized spacial score (nSPS) is 14.1. The van der Waals surface area contributed by atoms with E-state index in [1.807, 2.05) is 25.1 Å². The van der Waals surface area contributed by atoms with Gasteiger partial charge >= 0.3 is 0 Å². The number of nitrogens with two attached hydrogens (primary N) is 1. The van der Waals surface area contributed by atoms with Gasteiger partial charge in [-0.25, -0.2) is 0 Å². The molecule has 1 aromatic carbocycles. The summed E-state index contributed by atoms with van der Waals surface area (Å²) in [7, 11) is 0. The maximum atomic E-state index is 6.05. The van der Waals surface area contributed by atoms with Crippen molar-refractivity contribution >= 4 is 5.69 Å². The molecule has 2 N–H and O–H groups in total. The number of ether oxygens (including phenoxy) is 2. The van der Waals surface area contributed by atoms with Crippen LogP contribution < -0.4 is 15.2 Å². The van der Waals surface area contributed by atoms with Gasteiger partial charge in [-0.3, -0.25) is 9.80 Å². The van der Waals surface area contributed by atoms with E-state index >= 15 is 0 Å². The van der Waals surface area contributed by atoms with Crippen molar-refractivity contribution in [2.75, 3.05) is 31.9 Å². The Kier molecular flexibility index (Phi) is 8.20. The topological polar surface area (TPSA) is 51.0 Å². The van der Waals surface area contributed by atoms with E-state index < -0.39 is 0 Å². The highest BCUT2D eigenvalue weighted by molar-refractivity contribution is 5.55. The summed E-state index contributed by atoms with van der Waals surface area (Å²) in [6, 6.07) is 5.62. The van der Waals surface area contributed by atoms with Crippen LogP contribution >= 0.6 is 0 Å². The first-order chi connectivity index (χ1) is 11.0. The second-order valence-corrected chi connectivity index (χ2v) is 5.58. The molecule has 0 saturated heterocycles. The lowest BCUT2D eigenvalue weighted by Crippen LogP contribution is -2.37. The van der Waals surface area contributed by atoms with Gasteiger partial charge in [-0.2, -0.15) is 0 Å². The molecular weight excluding hydrogens is 290 g/mol. The molecule has 2 atom stereocenters. The average molecular weight is 323 g/mol. The molecule has 0 fully saturated rings. The van der Waals surface area contributed by atoms with Crippen LogP contribution in [-0.2, 0) is 0 Å². The summed E-state index contributed by atoms with van der Waals surface area (Å²) >= 11 is 0. The Balaban J connectivity index is 2.82. The zero-order valence-corrected chi connectivity index (χ0v) is 15.5. The molecular formula is C18H33N3O2. The van der Waals surface area contributed by atoms with Gasteiger partial charge in [0.2, 0.25) is 0 Å². The molecule has 23 heavy (non-hydrogen) atoms. The SMILES string of the molecule is CCN(CC)C(C)Oc1ccc(N)c(OC(C)N(CC)CC)c1. The lowest BCUT2D eigenvalue weighted by atomic mass is 10.2. The maximum absolute atomic E-state index is 6.05. The predicted molar refractivity (Wildman–Crippen MR) is 96.9 cm³/mol. The molecule has 0 aliphatic carbocycles. The molecule has 0 aromatic heterocycles. The van der Waals surface area contributed by atoms with E-state index in [2.05, 4.69) is 44.4 Å². The minimum atomic E-state index is -0.0252. The first-order valence-corrected chi connectivity index (χ1v) is 8.67. The summed E-state index contributed by atoms with van der Waals surface area (Å²) < 4.78 is 12.1. The van der Waals surface area contributed by atoms with Crippen LogP contribution in [-0.4, -0.2) is 48.4 Å². The molecule has 1 aromatic rings. The Morgan fingerprint density at radius 1 is 0.870 bits per heavy atom. The van der Waals surface area contributed by atoms with Crippen molar-refractivity contribution in [3.8, 4) is 11.5 Å². The number of anilines is 1. The van der Waals surface area contributed by atoms with Crippen LogP contribution in [0.25, 0.3) is 0 Å². The zero-order valence-electron chi connectivity index (χ0n) is 15.5. The minimum Gasteiger partial charge on any atom is -0.475 e. The van der Waals surface area contributed by atoms with Gasteiger partial charge in [0.25, 0.3) is 0 Å². The summed E-state index contributed by atoms with van der Waals surface area (Å²) in [5.74, 6) is 1.45. The summed E-state index contributed by atoms with van der Waals surface area (Å²) in [5.41, 5.74) is 6.69. The van der Waals surface area contributed by atoms with Crippen LogP contribution in [0, 0.1) is 0 Å².